The number of nitrogens with one attached hydrogen (secondary N) is 2. The SMILES string of the molecule is Cc1cc(C)cc(N2C(=S)N[C@H](c3ccccn3)[C@H]2c2ccc[nH]2)c1. The summed E-state index contributed by atoms with van der Waals surface area (Å²) in [6.45, 7) is 4.23. The largest absolute Gasteiger partial charge is 0.363 e. The number of pyridine rings is 1. The van der Waals surface area contributed by atoms with E-state index in [2.05, 4.69) is 58.3 Å². The molecule has 0 amide bonds. The molecule has 5 heteroatoms. The van der Waals surface area contributed by atoms with Crippen LogP contribution < -0.4 is 10.2 Å². The Hall–Kier alpha value is -2.66. The van der Waals surface area contributed by atoms with Crippen LogP contribution in [0.3, 0.4) is 0 Å². The third kappa shape index (κ3) is 2.91. The predicted octanol–water partition coefficient (Wildman–Crippen LogP) is 4.20. The van der Waals surface area contributed by atoms with Crippen molar-refractivity contribution in [1.29, 1.82) is 0 Å². The van der Waals surface area contributed by atoms with Crippen LogP contribution in [0.1, 0.15) is 34.6 Å². The van der Waals surface area contributed by atoms with Crippen molar-refractivity contribution < 1.29 is 0 Å². The summed E-state index contributed by atoms with van der Waals surface area (Å²) in [4.78, 5) is 10.1. The van der Waals surface area contributed by atoms with Gasteiger partial charge in [0.15, 0.2) is 5.11 Å². The number of anilines is 1. The molecule has 2 atom stereocenters. The molecule has 1 aromatic carbocycles. The van der Waals surface area contributed by atoms with Crippen molar-refractivity contribution in [2.45, 2.75) is 25.9 Å². The average molecular weight is 348 g/mol. The molecule has 0 aliphatic carbocycles. The minimum atomic E-state index is -0.00633. The molecule has 0 saturated carbocycles. The molecule has 126 valence electrons. The Bertz CT molecular complexity index is 869. The summed E-state index contributed by atoms with van der Waals surface area (Å²) >= 11 is 5.71. The van der Waals surface area contributed by atoms with Crippen LogP contribution in [0.2, 0.25) is 0 Å². The van der Waals surface area contributed by atoms with Gasteiger partial charge in [-0.1, -0.05) is 12.1 Å². The molecular formula is C20H20N4S. The lowest BCUT2D eigenvalue weighted by Crippen LogP contribution is -2.29. The topological polar surface area (TPSA) is 44.0 Å². The van der Waals surface area contributed by atoms with Gasteiger partial charge in [0, 0.05) is 23.8 Å². The van der Waals surface area contributed by atoms with Crippen LogP contribution >= 0.6 is 12.2 Å². The monoisotopic (exact) mass is 348 g/mol. The van der Waals surface area contributed by atoms with Crippen LogP contribution in [0.15, 0.2) is 60.9 Å². The van der Waals surface area contributed by atoms with E-state index in [0.29, 0.717) is 0 Å². The molecule has 0 bridgehead atoms. The maximum atomic E-state index is 5.71. The third-order valence-corrected chi connectivity index (χ3v) is 4.84. The van der Waals surface area contributed by atoms with Gasteiger partial charge in [0.05, 0.1) is 11.7 Å². The number of hydrogen-bond donors (Lipinski definition) is 2. The number of hydrogen-bond acceptors (Lipinski definition) is 2. The normalized spacial score (nSPS) is 19.9. The molecule has 1 aliphatic rings. The molecule has 4 rings (SSSR count). The van der Waals surface area contributed by atoms with E-state index in [1.165, 1.54) is 11.1 Å². The first kappa shape index (κ1) is 15.8. The van der Waals surface area contributed by atoms with E-state index in [4.69, 9.17) is 12.2 Å². The zero-order valence-corrected chi connectivity index (χ0v) is 15.0. The molecule has 3 heterocycles. The van der Waals surface area contributed by atoms with Gasteiger partial charge >= 0.3 is 0 Å². The van der Waals surface area contributed by atoms with Crippen molar-refractivity contribution in [2.75, 3.05) is 4.90 Å². The molecule has 0 radical (unpaired) electrons. The lowest BCUT2D eigenvalue weighted by atomic mass is 10.0. The third-order valence-electron chi connectivity index (χ3n) is 4.52. The van der Waals surface area contributed by atoms with Crippen LogP contribution in [0.25, 0.3) is 0 Å². The molecule has 25 heavy (non-hydrogen) atoms. The standard InChI is InChI=1S/C20H20N4S/c1-13-10-14(2)12-15(11-13)24-19(17-7-5-9-22-17)18(23-20(24)25)16-6-3-4-8-21-16/h3-12,18-19,22H,1-2H3,(H,23,25)/t18-,19-/m1/s1. The molecule has 2 N–H and O–H groups in total. The highest BCUT2D eigenvalue weighted by Gasteiger charge is 2.41. The van der Waals surface area contributed by atoms with E-state index < -0.39 is 0 Å². The molecule has 0 unspecified atom stereocenters. The maximum Gasteiger partial charge on any atom is 0.174 e. The average Bonchev–Trinajstić information content (AvgIpc) is 3.22. The van der Waals surface area contributed by atoms with Crippen molar-refractivity contribution in [3.05, 3.63) is 83.4 Å². The Morgan fingerprint density at radius 2 is 1.84 bits per heavy atom. The van der Waals surface area contributed by atoms with Crippen LogP contribution in [0, 0.1) is 13.8 Å². The number of nitrogens with zero attached hydrogens (tertiary/aromatic N) is 2. The summed E-state index contributed by atoms with van der Waals surface area (Å²) in [6, 6.07) is 16.7. The molecule has 4 nitrogen and oxygen atoms in total. The Morgan fingerprint density at radius 3 is 2.48 bits per heavy atom. The first-order chi connectivity index (χ1) is 12.1. The van der Waals surface area contributed by atoms with E-state index in [-0.39, 0.29) is 12.1 Å². The summed E-state index contributed by atoms with van der Waals surface area (Å²) in [7, 11) is 0. The summed E-state index contributed by atoms with van der Waals surface area (Å²) in [5.41, 5.74) is 5.65. The summed E-state index contributed by atoms with van der Waals surface area (Å²) in [6.07, 6.45) is 3.77. The van der Waals surface area contributed by atoms with Crippen molar-refractivity contribution in [1.82, 2.24) is 15.3 Å². The van der Waals surface area contributed by atoms with Gasteiger partial charge < -0.3 is 15.2 Å². The van der Waals surface area contributed by atoms with E-state index in [9.17, 15) is 0 Å². The summed E-state index contributed by atoms with van der Waals surface area (Å²) in [5.74, 6) is 0. The molecule has 0 spiro atoms. The highest BCUT2D eigenvalue weighted by Crippen LogP contribution is 2.41. The fourth-order valence-electron chi connectivity index (χ4n) is 3.57. The fraction of sp³-hybridized carbons (Fsp3) is 0.200. The lowest BCUT2D eigenvalue weighted by Gasteiger charge is -2.27. The lowest BCUT2D eigenvalue weighted by molar-refractivity contribution is 0.558. The maximum absolute atomic E-state index is 5.71. The second-order valence-electron chi connectivity index (χ2n) is 6.47. The highest BCUT2D eigenvalue weighted by atomic mass is 32.1. The van der Waals surface area contributed by atoms with E-state index >= 15 is 0 Å². The minimum absolute atomic E-state index is 0.00633. The van der Waals surface area contributed by atoms with Gasteiger partial charge in [-0.3, -0.25) is 4.98 Å². The Labute approximate surface area is 152 Å². The van der Waals surface area contributed by atoms with Gasteiger partial charge in [-0.25, -0.2) is 0 Å². The number of H-pyrrole nitrogens is 1. The number of benzene rings is 1. The van der Waals surface area contributed by atoms with Crippen LogP contribution in [-0.2, 0) is 0 Å². The van der Waals surface area contributed by atoms with Crippen LogP contribution in [0.5, 0.6) is 0 Å². The van der Waals surface area contributed by atoms with E-state index in [0.717, 1.165) is 22.2 Å². The van der Waals surface area contributed by atoms with Crippen molar-refractivity contribution in [3.63, 3.8) is 0 Å². The van der Waals surface area contributed by atoms with Crippen molar-refractivity contribution >= 4 is 23.0 Å². The zero-order chi connectivity index (χ0) is 17.4. The van der Waals surface area contributed by atoms with Gasteiger partial charge in [-0.2, -0.15) is 0 Å². The number of aryl methyl sites for hydroxylation is 2. The van der Waals surface area contributed by atoms with Crippen LogP contribution in [0.4, 0.5) is 5.69 Å². The molecular weight excluding hydrogens is 328 g/mol. The highest BCUT2D eigenvalue weighted by molar-refractivity contribution is 7.80. The van der Waals surface area contributed by atoms with Crippen molar-refractivity contribution in [3.8, 4) is 0 Å². The second kappa shape index (κ2) is 6.33. The zero-order valence-electron chi connectivity index (χ0n) is 14.2. The van der Waals surface area contributed by atoms with E-state index in [1.54, 1.807) is 0 Å². The fourth-order valence-corrected chi connectivity index (χ4v) is 3.91. The Kier molecular flexibility index (Phi) is 4.01. The van der Waals surface area contributed by atoms with Crippen molar-refractivity contribution in [2.24, 2.45) is 0 Å². The summed E-state index contributed by atoms with van der Waals surface area (Å²) in [5, 5.41) is 4.19. The van der Waals surface area contributed by atoms with Gasteiger partial charge in [0.1, 0.15) is 6.04 Å². The van der Waals surface area contributed by atoms with Gasteiger partial charge in [0.2, 0.25) is 0 Å². The number of thiocarbonyl (C=S) groups is 1. The van der Waals surface area contributed by atoms with Gasteiger partial charge in [-0.05, 0) is 73.6 Å². The quantitative estimate of drug-likeness (QED) is 0.696. The van der Waals surface area contributed by atoms with Crippen LogP contribution in [-0.4, -0.2) is 15.1 Å². The molecule has 3 aromatic rings. The number of rotatable bonds is 3. The minimum Gasteiger partial charge on any atom is -0.363 e. The Balaban J connectivity index is 1.83. The summed E-state index contributed by atoms with van der Waals surface area (Å²) < 4.78 is 0. The molecule has 1 aliphatic heterocycles. The number of aromatic nitrogens is 2. The first-order valence-corrected chi connectivity index (χ1v) is 8.76. The second-order valence-corrected chi connectivity index (χ2v) is 6.85. The molecule has 2 aromatic heterocycles. The van der Waals surface area contributed by atoms with Gasteiger partial charge in [-0.15, -0.1) is 0 Å². The molecule has 1 fully saturated rings. The van der Waals surface area contributed by atoms with E-state index in [1.807, 2.05) is 36.7 Å². The molecule has 1 saturated heterocycles. The first-order valence-electron chi connectivity index (χ1n) is 8.36. The predicted molar refractivity (Wildman–Crippen MR) is 105 cm³/mol. The number of aromatic amines is 1. The van der Waals surface area contributed by atoms with Gasteiger partial charge in [0.25, 0.3) is 0 Å². The Morgan fingerprint density at radius 1 is 1.04 bits per heavy atom. The smallest absolute Gasteiger partial charge is 0.174 e.